The molecule has 1 rings (SSSR count). The first-order chi connectivity index (χ1) is 10.2. The first-order valence-corrected chi connectivity index (χ1v) is 6.03. The first-order valence-electron chi connectivity index (χ1n) is 6.03. The highest BCUT2D eigenvalue weighted by atomic mass is 19.4. The number of halogens is 3. The van der Waals surface area contributed by atoms with E-state index in [1.54, 1.807) is 19.2 Å². The zero-order valence-electron chi connectivity index (χ0n) is 11.7. The van der Waals surface area contributed by atoms with Crippen molar-refractivity contribution < 1.29 is 32.6 Å². The molecule has 22 heavy (non-hydrogen) atoms. The minimum Gasteiger partial charge on any atom is -0.492 e. The summed E-state index contributed by atoms with van der Waals surface area (Å²) in [4.78, 5) is 24.0. The standard InChI is InChI=1S/C10H15N3O2.C2HF3O2/c1-12-10(14)9-4-3-8(7-13-9)15-6-2-5-11;3-2(4,5)1(6)7/h3-4,7H,2,5-6,11H2,1H3,(H,12,14);(H,6,7). The lowest BCUT2D eigenvalue weighted by molar-refractivity contribution is -0.192. The van der Waals surface area contributed by atoms with Crippen LogP contribution in [-0.4, -0.2) is 48.3 Å². The first kappa shape index (κ1) is 19.6. The zero-order chi connectivity index (χ0) is 17.2. The second kappa shape index (κ2) is 9.55. The van der Waals surface area contributed by atoms with Crippen molar-refractivity contribution in [1.82, 2.24) is 10.3 Å². The van der Waals surface area contributed by atoms with Gasteiger partial charge in [-0.25, -0.2) is 9.78 Å². The number of nitrogens with zero attached hydrogens (tertiary/aromatic N) is 1. The van der Waals surface area contributed by atoms with Gasteiger partial charge in [-0.05, 0) is 25.1 Å². The minimum absolute atomic E-state index is 0.205. The molecule has 0 fully saturated rings. The lowest BCUT2D eigenvalue weighted by Crippen LogP contribution is -2.21. The van der Waals surface area contributed by atoms with Crippen molar-refractivity contribution in [2.45, 2.75) is 12.6 Å². The van der Waals surface area contributed by atoms with Gasteiger partial charge in [-0.15, -0.1) is 0 Å². The number of carbonyl (C=O) groups is 2. The molecule has 0 spiro atoms. The number of rotatable bonds is 5. The predicted molar refractivity (Wildman–Crippen MR) is 70.5 cm³/mol. The molecule has 0 bridgehead atoms. The third-order valence-electron chi connectivity index (χ3n) is 2.06. The highest BCUT2D eigenvalue weighted by molar-refractivity contribution is 5.91. The van der Waals surface area contributed by atoms with E-state index >= 15 is 0 Å². The fourth-order valence-electron chi connectivity index (χ4n) is 1.00. The highest BCUT2D eigenvalue weighted by Crippen LogP contribution is 2.13. The van der Waals surface area contributed by atoms with Crippen LogP contribution in [0.4, 0.5) is 13.2 Å². The Morgan fingerprint density at radius 3 is 2.36 bits per heavy atom. The molecule has 0 aliphatic rings. The Labute approximate surface area is 124 Å². The number of carboxylic acid groups (broad SMARTS) is 1. The fourth-order valence-corrected chi connectivity index (χ4v) is 1.00. The number of ether oxygens (including phenoxy) is 1. The molecule has 0 aliphatic carbocycles. The number of hydrogen-bond acceptors (Lipinski definition) is 5. The Bertz CT molecular complexity index is 477. The van der Waals surface area contributed by atoms with Crippen LogP contribution in [0.1, 0.15) is 16.9 Å². The van der Waals surface area contributed by atoms with E-state index in [4.69, 9.17) is 20.4 Å². The maximum Gasteiger partial charge on any atom is 0.490 e. The summed E-state index contributed by atoms with van der Waals surface area (Å²) in [7, 11) is 1.57. The van der Waals surface area contributed by atoms with Crippen molar-refractivity contribution in [2.24, 2.45) is 5.73 Å². The summed E-state index contributed by atoms with van der Waals surface area (Å²) in [6, 6.07) is 3.34. The van der Waals surface area contributed by atoms with Gasteiger partial charge in [0.25, 0.3) is 5.91 Å². The number of hydrogen-bond donors (Lipinski definition) is 3. The monoisotopic (exact) mass is 323 g/mol. The number of nitrogens with one attached hydrogen (secondary N) is 1. The number of aromatic nitrogens is 1. The summed E-state index contributed by atoms with van der Waals surface area (Å²) >= 11 is 0. The van der Waals surface area contributed by atoms with Crippen LogP contribution in [0.15, 0.2) is 18.3 Å². The molecule has 4 N–H and O–H groups in total. The van der Waals surface area contributed by atoms with Gasteiger partial charge in [-0.1, -0.05) is 0 Å². The summed E-state index contributed by atoms with van der Waals surface area (Å²) in [5, 5.41) is 9.62. The number of carboxylic acids is 1. The molecule has 7 nitrogen and oxygen atoms in total. The molecule has 1 amide bonds. The van der Waals surface area contributed by atoms with E-state index in [2.05, 4.69) is 10.3 Å². The average molecular weight is 323 g/mol. The highest BCUT2D eigenvalue weighted by Gasteiger charge is 2.38. The van der Waals surface area contributed by atoms with Gasteiger partial charge in [0.15, 0.2) is 0 Å². The van der Waals surface area contributed by atoms with Gasteiger partial charge >= 0.3 is 12.1 Å². The topological polar surface area (TPSA) is 115 Å². The van der Waals surface area contributed by atoms with Gasteiger partial charge in [0, 0.05) is 7.05 Å². The van der Waals surface area contributed by atoms with E-state index in [-0.39, 0.29) is 5.91 Å². The van der Waals surface area contributed by atoms with Crippen LogP contribution in [0, 0.1) is 0 Å². The second-order valence-electron chi connectivity index (χ2n) is 3.75. The lowest BCUT2D eigenvalue weighted by atomic mass is 10.3. The van der Waals surface area contributed by atoms with Gasteiger partial charge in [0.2, 0.25) is 0 Å². The zero-order valence-corrected chi connectivity index (χ0v) is 11.7. The number of carbonyl (C=O) groups excluding carboxylic acids is 1. The van der Waals surface area contributed by atoms with Crippen LogP contribution in [0.25, 0.3) is 0 Å². The molecule has 0 aromatic carbocycles. The SMILES string of the molecule is CNC(=O)c1ccc(OCCCN)cn1.O=C(O)C(F)(F)F. The number of pyridine rings is 1. The normalized spacial score (nSPS) is 10.2. The number of alkyl halides is 3. The van der Waals surface area contributed by atoms with Gasteiger partial charge < -0.3 is 20.9 Å². The van der Waals surface area contributed by atoms with Crippen molar-refractivity contribution in [1.29, 1.82) is 0 Å². The summed E-state index contributed by atoms with van der Waals surface area (Å²) in [6.07, 6.45) is -2.75. The van der Waals surface area contributed by atoms with Crippen molar-refractivity contribution >= 4 is 11.9 Å². The predicted octanol–water partition coefficient (Wildman–Crippen LogP) is 0.802. The third-order valence-corrected chi connectivity index (χ3v) is 2.06. The Morgan fingerprint density at radius 1 is 1.41 bits per heavy atom. The molecular formula is C12H16F3N3O4. The molecule has 0 saturated carbocycles. The molecule has 0 unspecified atom stereocenters. The third kappa shape index (κ3) is 8.04. The minimum atomic E-state index is -5.08. The molecule has 0 saturated heterocycles. The Hall–Kier alpha value is -2.36. The summed E-state index contributed by atoms with van der Waals surface area (Å²) in [5.41, 5.74) is 5.70. The molecule has 124 valence electrons. The van der Waals surface area contributed by atoms with Gasteiger partial charge in [0.05, 0.1) is 12.8 Å². The second-order valence-corrected chi connectivity index (χ2v) is 3.75. The largest absolute Gasteiger partial charge is 0.492 e. The molecule has 1 aromatic heterocycles. The number of aliphatic carboxylic acids is 1. The summed E-state index contributed by atoms with van der Waals surface area (Å²) in [6.45, 7) is 1.17. The van der Waals surface area contributed by atoms with Crippen LogP contribution in [0.5, 0.6) is 5.75 Å². The molecule has 0 radical (unpaired) electrons. The fraction of sp³-hybridized carbons (Fsp3) is 0.417. The molecule has 1 heterocycles. The van der Waals surface area contributed by atoms with Crippen LogP contribution in [0.3, 0.4) is 0 Å². The maximum atomic E-state index is 11.2. The van der Waals surface area contributed by atoms with E-state index in [0.29, 0.717) is 24.6 Å². The average Bonchev–Trinajstić information content (AvgIpc) is 2.47. The van der Waals surface area contributed by atoms with Crippen LogP contribution >= 0.6 is 0 Å². The van der Waals surface area contributed by atoms with Crippen LogP contribution < -0.4 is 15.8 Å². The molecule has 10 heteroatoms. The Kier molecular flexibility index (Phi) is 8.53. The lowest BCUT2D eigenvalue weighted by Gasteiger charge is -2.05. The molecule has 1 aromatic rings. The summed E-state index contributed by atoms with van der Waals surface area (Å²) in [5.74, 6) is -2.31. The summed E-state index contributed by atoms with van der Waals surface area (Å²) < 4.78 is 37.1. The Balaban J connectivity index is 0.000000534. The van der Waals surface area contributed by atoms with E-state index in [0.717, 1.165) is 6.42 Å². The van der Waals surface area contributed by atoms with E-state index in [1.165, 1.54) is 6.20 Å². The number of amides is 1. The van der Waals surface area contributed by atoms with Crippen LogP contribution in [-0.2, 0) is 4.79 Å². The van der Waals surface area contributed by atoms with Crippen molar-refractivity contribution in [3.63, 3.8) is 0 Å². The van der Waals surface area contributed by atoms with Crippen molar-refractivity contribution in [2.75, 3.05) is 20.2 Å². The smallest absolute Gasteiger partial charge is 0.490 e. The van der Waals surface area contributed by atoms with Crippen molar-refractivity contribution in [3.8, 4) is 5.75 Å². The molecule has 0 aliphatic heterocycles. The van der Waals surface area contributed by atoms with E-state index in [1.807, 2.05) is 0 Å². The van der Waals surface area contributed by atoms with Crippen LogP contribution in [0.2, 0.25) is 0 Å². The van der Waals surface area contributed by atoms with Gasteiger partial charge in [-0.3, -0.25) is 4.79 Å². The van der Waals surface area contributed by atoms with Gasteiger partial charge in [0.1, 0.15) is 11.4 Å². The Morgan fingerprint density at radius 2 is 2.00 bits per heavy atom. The molecule has 0 atom stereocenters. The maximum absolute atomic E-state index is 11.2. The van der Waals surface area contributed by atoms with E-state index in [9.17, 15) is 18.0 Å². The number of nitrogens with two attached hydrogens (primary N) is 1. The molecular weight excluding hydrogens is 307 g/mol. The van der Waals surface area contributed by atoms with E-state index < -0.39 is 12.1 Å². The quantitative estimate of drug-likeness (QED) is 0.691. The van der Waals surface area contributed by atoms with Crippen molar-refractivity contribution in [3.05, 3.63) is 24.0 Å². The van der Waals surface area contributed by atoms with Gasteiger partial charge in [-0.2, -0.15) is 13.2 Å².